The van der Waals surface area contributed by atoms with Crippen LogP contribution in [0.25, 0.3) is 10.9 Å². The topological polar surface area (TPSA) is 56.3 Å². The molecule has 1 N–H and O–H groups in total. The first-order chi connectivity index (χ1) is 13.2. The molecule has 1 aliphatic carbocycles. The molecule has 5 rings (SSSR count). The maximum Gasteiger partial charge on any atom is 0.145 e. The lowest BCUT2D eigenvalue weighted by molar-refractivity contribution is -0.0309. The molecule has 2 aromatic carbocycles. The Labute approximate surface area is 166 Å². The van der Waals surface area contributed by atoms with E-state index >= 15 is 0 Å². The van der Waals surface area contributed by atoms with Crippen molar-refractivity contribution in [2.75, 3.05) is 12.4 Å². The Hall–Kier alpha value is -2.34. The molecule has 1 aromatic heterocycles. The molecule has 1 aliphatic heterocycles. The number of benzene rings is 2. The quantitative estimate of drug-likeness (QED) is 0.619. The third-order valence-corrected chi connectivity index (χ3v) is 6.17. The summed E-state index contributed by atoms with van der Waals surface area (Å²) in [6.45, 7) is 0. The predicted molar refractivity (Wildman–Crippen MR) is 108 cm³/mol. The standard InChI is InChI=1S/C21H20BrN3O2/c1-26-18-5-2-4-14-19(18)23-12-24-20(14)25-16-11-21(8-3-9-21)27-17-7-6-13(22)10-15(16)17/h2,4-7,10,12,16H,3,8-9,11H2,1H3,(H,23,24,25). The van der Waals surface area contributed by atoms with E-state index in [9.17, 15) is 0 Å². The number of para-hydroxylation sites is 1. The van der Waals surface area contributed by atoms with Gasteiger partial charge in [0.05, 0.1) is 13.2 Å². The molecule has 2 aliphatic rings. The number of nitrogens with one attached hydrogen (secondary N) is 1. The average Bonchev–Trinajstić information content (AvgIpc) is 2.66. The number of rotatable bonds is 3. The van der Waals surface area contributed by atoms with Gasteiger partial charge in [-0.2, -0.15) is 0 Å². The molecule has 27 heavy (non-hydrogen) atoms. The Morgan fingerprint density at radius 3 is 2.89 bits per heavy atom. The zero-order valence-electron chi connectivity index (χ0n) is 15.0. The van der Waals surface area contributed by atoms with Crippen molar-refractivity contribution in [2.24, 2.45) is 0 Å². The highest BCUT2D eigenvalue weighted by molar-refractivity contribution is 9.10. The summed E-state index contributed by atoms with van der Waals surface area (Å²) in [5, 5.41) is 4.64. The van der Waals surface area contributed by atoms with E-state index < -0.39 is 0 Å². The molecular weight excluding hydrogens is 406 g/mol. The summed E-state index contributed by atoms with van der Waals surface area (Å²) in [7, 11) is 1.66. The second-order valence-corrected chi connectivity index (χ2v) is 8.22. The minimum absolute atomic E-state index is 0.0426. The number of methoxy groups -OCH3 is 1. The number of nitrogens with zero attached hydrogens (tertiary/aromatic N) is 2. The number of hydrogen-bond acceptors (Lipinski definition) is 5. The van der Waals surface area contributed by atoms with Gasteiger partial charge in [0.25, 0.3) is 0 Å². The van der Waals surface area contributed by atoms with Gasteiger partial charge < -0.3 is 14.8 Å². The van der Waals surface area contributed by atoms with Crippen LogP contribution in [0.5, 0.6) is 11.5 Å². The molecule has 138 valence electrons. The van der Waals surface area contributed by atoms with Gasteiger partial charge in [0.2, 0.25) is 0 Å². The van der Waals surface area contributed by atoms with Crippen LogP contribution >= 0.6 is 15.9 Å². The Morgan fingerprint density at radius 1 is 1.22 bits per heavy atom. The Bertz CT molecular complexity index is 1020. The fraction of sp³-hybridized carbons (Fsp3) is 0.333. The lowest BCUT2D eigenvalue weighted by Gasteiger charge is -2.48. The van der Waals surface area contributed by atoms with Crippen molar-refractivity contribution in [1.82, 2.24) is 9.97 Å². The Kier molecular flexibility index (Phi) is 3.97. The van der Waals surface area contributed by atoms with Gasteiger partial charge in [-0.05, 0) is 49.6 Å². The van der Waals surface area contributed by atoms with Crippen LogP contribution in [0.1, 0.15) is 37.3 Å². The maximum atomic E-state index is 6.39. The summed E-state index contributed by atoms with van der Waals surface area (Å²) in [6.07, 6.45) is 5.98. The van der Waals surface area contributed by atoms with Gasteiger partial charge in [0.15, 0.2) is 0 Å². The minimum atomic E-state index is -0.0426. The van der Waals surface area contributed by atoms with Gasteiger partial charge in [-0.15, -0.1) is 0 Å². The van der Waals surface area contributed by atoms with Gasteiger partial charge in [-0.1, -0.05) is 22.0 Å². The fourth-order valence-corrected chi connectivity index (χ4v) is 4.53. The van der Waals surface area contributed by atoms with Crippen LogP contribution in [0.4, 0.5) is 5.82 Å². The van der Waals surface area contributed by atoms with Crippen molar-refractivity contribution in [2.45, 2.75) is 37.3 Å². The van der Waals surface area contributed by atoms with Gasteiger partial charge in [0, 0.05) is 21.8 Å². The first kappa shape index (κ1) is 16.8. The second-order valence-electron chi connectivity index (χ2n) is 7.30. The molecule has 0 amide bonds. The van der Waals surface area contributed by atoms with Crippen molar-refractivity contribution in [3.63, 3.8) is 0 Å². The number of fused-ring (bicyclic) bond motifs is 2. The number of ether oxygens (including phenoxy) is 2. The summed E-state index contributed by atoms with van der Waals surface area (Å²) < 4.78 is 12.9. The lowest BCUT2D eigenvalue weighted by atomic mass is 9.73. The third kappa shape index (κ3) is 2.83. The zero-order valence-corrected chi connectivity index (χ0v) is 16.6. The first-order valence-corrected chi connectivity index (χ1v) is 9.99. The molecule has 2 heterocycles. The molecule has 1 spiro atoms. The van der Waals surface area contributed by atoms with Gasteiger partial charge in [0.1, 0.15) is 34.8 Å². The van der Waals surface area contributed by atoms with Gasteiger partial charge >= 0.3 is 0 Å². The van der Waals surface area contributed by atoms with Crippen molar-refractivity contribution in [3.05, 3.63) is 52.8 Å². The highest BCUT2D eigenvalue weighted by Gasteiger charge is 2.45. The Balaban J connectivity index is 1.57. The fourth-order valence-electron chi connectivity index (χ4n) is 4.15. The molecule has 1 unspecified atom stereocenters. The average molecular weight is 426 g/mol. The first-order valence-electron chi connectivity index (χ1n) is 9.20. The monoisotopic (exact) mass is 425 g/mol. The molecule has 3 aromatic rings. The van der Waals surface area contributed by atoms with Crippen LogP contribution < -0.4 is 14.8 Å². The number of anilines is 1. The molecular formula is C21H20BrN3O2. The molecule has 1 atom stereocenters. The van der Waals surface area contributed by atoms with E-state index in [0.29, 0.717) is 0 Å². The van der Waals surface area contributed by atoms with Gasteiger partial charge in [-0.3, -0.25) is 0 Å². The van der Waals surface area contributed by atoms with E-state index in [4.69, 9.17) is 9.47 Å². The molecule has 6 heteroatoms. The predicted octanol–water partition coefficient (Wildman–Crippen LogP) is 5.26. The summed E-state index contributed by atoms with van der Waals surface area (Å²) in [5.74, 6) is 2.55. The van der Waals surface area contributed by atoms with Crippen LogP contribution in [0.2, 0.25) is 0 Å². The summed E-state index contributed by atoms with van der Waals surface area (Å²) in [6, 6.07) is 12.3. The smallest absolute Gasteiger partial charge is 0.145 e. The summed E-state index contributed by atoms with van der Waals surface area (Å²) in [5.41, 5.74) is 1.94. The number of halogens is 1. The molecule has 0 bridgehead atoms. The highest BCUT2D eigenvalue weighted by atomic mass is 79.9. The van der Waals surface area contributed by atoms with Gasteiger partial charge in [-0.25, -0.2) is 9.97 Å². The van der Waals surface area contributed by atoms with E-state index in [1.165, 1.54) is 6.42 Å². The summed E-state index contributed by atoms with van der Waals surface area (Å²) in [4.78, 5) is 8.94. The van der Waals surface area contributed by atoms with E-state index in [-0.39, 0.29) is 11.6 Å². The van der Waals surface area contributed by atoms with E-state index in [2.05, 4.69) is 43.3 Å². The van der Waals surface area contributed by atoms with E-state index in [0.717, 1.165) is 57.5 Å². The third-order valence-electron chi connectivity index (χ3n) is 5.67. The molecule has 1 saturated carbocycles. The van der Waals surface area contributed by atoms with Crippen LogP contribution in [0.15, 0.2) is 47.2 Å². The molecule has 1 fully saturated rings. The minimum Gasteiger partial charge on any atom is -0.494 e. The molecule has 5 nitrogen and oxygen atoms in total. The van der Waals surface area contributed by atoms with Crippen molar-refractivity contribution < 1.29 is 9.47 Å². The number of hydrogen-bond donors (Lipinski definition) is 1. The van der Waals surface area contributed by atoms with Crippen LogP contribution in [0, 0.1) is 0 Å². The van der Waals surface area contributed by atoms with Crippen LogP contribution in [-0.4, -0.2) is 22.7 Å². The molecule has 0 saturated heterocycles. The number of aromatic nitrogens is 2. The van der Waals surface area contributed by atoms with E-state index in [1.807, 2.05) is 24.3 Å². The van der Waals surface area contributed by atoms with E-state index in [1.54, 1.807) is 13.4 Å². The zero-order chi connectivity index (χ0) is 18.4. The SMILES string of the molecule is COc1cccc2c(NC3CC4(CCC4)Oc4ccc(Br)cc43)ncnc12. The van der Waals surface area contributed by atoms with Crippen molar-refractivity contribution in [3.8, 4) is 11.5 Å². The summed E-state index contributed by atoms with van der Waals surface area (Å²) >= 11 is 3.60. The molecule has 0 radical (unpaired) electrons. The normalized spacial score (nSPS) is 19.9. The largest absolute Gasteiger partial charge is 0.494 e. The van der Waals surface area contributed by atoms with Crippen molar-refractivity contribution in [1.29, 1.82) is 0 Å². The second kappa shape index (κ2) is 6.37. The van der Waals surface area contributed by atoms with Crippen LogP contribution in [0.3, 0.4) is 0 Å². The van der Waals surface area contributed by atoms with Crippen molar-refractivity contribution >= 4 is 32.7 Å². The highest BCUT2D eigenvalue weighted by Crippen LogP contribution is 2.50. The Morgan fingerprint density at radius 2 is 2.11 bits per heavy atom. The lowest BCUT2D eigenvalue weighted by Crippen LogP contribution is -2.48. The maximum absolute atomic E-state index is 6.39. The van der Waals surface area contributed by atoms with Crippen LogP contribution in [-0.2, 0) is 0 Å².